The molecule has 1 aliphatic rings. The zero-order chi connectivity index (χ0) is 13.0. The van der Waals surface area contributed by atoms with Crippen molar-refractivity contribution in [3.8, 4) is 0 Å². The number of carbonyl (C=O) groups excluding carboxylic acids is 1. The number of benzene rings is 1. The normalized spacial score (nSPS) is 20.8. The summed E-state index contributed by atoms with van der Waals surface area (Å²) in [4.78, 5) is 14.0. The molecule has 98 valence electrons. The van der Waals surface area contributed by atoms with E-state index in [1.54, 1.807) is 0 Å². The number of nitrogens with two attached hydrogens (primary N) is 1. The van der Waals surface area contributed by atoms with Crippen molar-refractivity contribution in [3.05, 3.63) is 35.4 Å². The lowest BCUT2D eigenvalue weighted by Gasteiger charge is -2.34. The number of amides is 1. The van der Waals surface area contributed by atoms with E-state index in [9.17, 15) is 4.79 Å². The van der Waals surface area contributed by atoms with Gasteiger partial charge in [0, 0.05) is 26.2 Å². The van der Waals surface area contributed by atoms with Crippen molar-refractivity contribution in [2.75, 3.05) is 13.1 Å². The number of hydrogen-bond acceptors (Lipinski definition) is 3. The highest BCUT2D eigenvalue weighted by Gasteiger charge is 2.27. The van der Waals surface area contributed by atoms with Crippen LogP contribution in [0.15, 0.2) is 24.3 Å². The average Bonchev–Trinajstić information content (AvgIpc) is 2.39. The summed E-state index contributed by atoms with van der Waals surface area (Å²) in [7, 11) is 0. The van der Waals surface area contributed by atoms with Gasteiger partial charge in [0.2, 0.25) is 5.91 Å². The first-order valence-electron chi connectivity index (χ1n) is 6.54. The Morgan fingerprint density at radius 1 is 1.44 bits per heavy atom. The van der Waals surface area contributed by atoms with E-state index < -0.39 is 0 Å². The van der Waals surface area contributed by atoms with Crippen LogP contribution in [0, 0.1) is 0 Å². The molecule has 1 unspecified atom stereocenters. The van der Waals surface area contributed by atoms with E-state index in [1.165, 1.54) is 5.56 Å². The van der Waals surface area contributed by atoms with E-state index in [1.807, 2.05) is 12.1 Å². The topological polar surface area (TPSA) is 58.4 Å². The lowest BCUT2D eigenvalue weighted by atomic mass is 10.1. The smallest absolute Gasteiger partial charge is 0.237 e. The van der Waals surface area contributed by atoms with Gasteiger partial charge in [-0.2, -0.15) is 0 Å². The molecule has 1 fully saturated rings. The Hall–Kier alpha value is -1.39. The van der Waals surface area contributed by atoms with Crippen molar-refractivity contribution >= 4 is 5.91 Å². The van der Waals surface area contributed by atoms with Crippen molar-refractivity contribution in [2.24, 2.45) is 5.73 Å². The highest BCUT2D eigenvalue weighted by atomic mass is 16.2. The van der Waals surface area contributed by atoms with Gasteiger partial charge in [-0.1, -0.05) is 31.2 Å². The summed E-state index contributed by atoms with van der Waals surface area (Å²) in [5, 5.41) is 2.92. The van der Waals surface area contributed by atoms with Crippen molar-refractivity contribution in [3.63, 3.8) is 0 Å². The molecule has 1 aromatic rings. The minimum absolute atomic E-state index is 0.000262. The molecule has 1 aromatic carbocycles. The number of piperazine rings is 1. The molecular formula is C14H21N3O. The molecule has 1 heterocycles. The van der Waals surface area contributed by atoms with E-state index in [2.05, 4.69) is 29.3 Å². The number of hydrogen-bond donors (Lipinski definition) is 2. The number of carbonyl (C=O) groups is 1. The fraction of sp³-hybridized carbons (Fsp3) is 0.500. The molecule has 3 N–H and O–H groups in total. The summed E-state index contributed by atoms with van der Waals surface area (Å²) < 4.78 is 0. The van der Waals surface area contributed by atoms with E-state index in [4.69, 9.17) is 5.73 Å². The van der Waals surface area contributed by atoms with Crippen LogP contribution in [0.1, 0.15) is 24.5 Å². The van der Waals surface area contributed by atoms with Crippen molar-refractivity contribution in [2.45, 2.75) is 32.5 Å². The molecule has 2 rings (SSSR count). The Kier molecular flexibility index (Phi) is 4.33. The van der Waals surface area contributed by atoms with Gasteiger partial charge in [0.15, 0.2) is 0 Å². The summed E-state index contributed by atoms with van der Waals surface area (Å²) >= 11 is 0. The lowest BCUT2D eigenvalue weighted by Crippen LogP contribution is -2.54. The first-order valence-corrected chi connectivity index (χ1v) is 6.54. The standard InChI is InChI=1S/C14H21N3O/c1-2-13-14(18)16-6-7-17(13)10-12-5-3-4-11(8-12)9-15/h3-5,8,13H,2,6-7,9-10,15H2,1H3,(H,16,18). The third-order valence-electron chi connectivity index (χ3n) is 3.44. The van der Waals surface area contributed by atoms with Gasteiger partial charge in [-0.25, -0.2) is 0 Å². The minimum atomic E-state index is 0.000262. The molecule has 1 amide bonds. The highest BCUT2D eigenvalue weighted by molar-refractivity contribution is 5.82. The minimum Gasteiger partial charge on any atom is -0.353 e. The quantitative estimate of drug-likeness (QED) is 0.829. The molecule has 0 aromatic heterocycles. The predicted molar refractivity (Wildman–Crippen MR) is 71.8 cm³/mol. The molecule has 0 bridgehead atoms. The summed E-state index contributed by atoms with van der Waals surface area (Å²) in [6.07, 6.45) is 0.850. The highest BCUT2D eigenvalue weighted by Crippen LogP contribution is 2.14. The molecule has 4 nitrogen and oxygen atoms in total. The molecule has 1 atom stereocenters. The molecule has 1 aliphatic heterocycles. The number of rotatable bonds is 4. The SMILES string of the molecule is CCC1C(=O)NCCN1Cc1cccc(CN)c1. The van der Waals surface area contributed by atoms with Crippen LogP contribution in [0.5, 0.6) is 0 Å². The molecule has 18 heavy (non-hydrogen) atoms. The van der Waals surface area contributed by atoms with Crippen LogP contribution in [0.25, 0.3) is 0 Å². The van der Waals surface area contributed by atoms with Crippen LogP contribution in [-0.2, 0) is 17.9 Å². The summed E-state index contributed by atoms with van der Waals surface area (Å²) in [5.74, 6) is 0.152. The Labute approximate surface area is 108 Å². The van der Waals surface area contributed by atoms with Gasteiger partial charge < -0.3 is 11.1 Å². The zero-order valence-corrected chi connectivity index (χ0v) is 10.9. The van der Waals surface area contributed by atoms with E-state index in [0.29, 0.717) is 6.54 Å². The second-order valence-corrected chi connectivity index (χ2v) is 4.71. The molecule has 0 radical (unpaired) electrons. The Morgan fingerprint density at radius 2 is 2.22 bits per heavy atom. The van der Waals surface area contributed by atoms with Crippen LogP contribution in [0.4, 0.5) is 0 Å². The second kappa shape index (κ2) is 5.98. The molecule has 4 heteroatoms. The largest absolute Gasteiger partial charge is 0.353 e. The molecular weight excluding hydrogens is 226 g/mol. The van der Waals surface area contributed by atoms with E-state index >= 15 is 0 Å². The summed E-state index contributed by atoms with van der Waals surface area (Å²) in [5.41, 5.74) is 8.02. The first-order chi connectivity index (χ1) is 8.74. The molecule has 0 aliphatic carbocycles. The maximum atomic E-state index is 11.8. The number of nitrogens with one attached hydrogen (secondary N) is 1. The number of nitrogens with zero attached hydrogens (tertiary/aromatic N) is 1. The van der Waals surface area contributed by atoms with Crippen molar-refractivity contribution in [1.29, 1.82) is 0 Å². The Balaban J connectivity index is 2.09. The Morgan fingerprint density at radius 3 is 2.94 bits per heavy atom. The van der Waals surface area contributed by atoms with E-state index in [-0.39, 0.29) is 11.9 Å². The summed E-state index contributed by atoms with van der Waals surface area (Å²) in [6.45, 7) is 5.09. The van der Waals surface area contributed by atoms with Crippen LogP contribution in [0.2, 0.25) is 0 Å². The van der Waals surface area contributed by atoms with Crippen LogP contribution in [0.3, 0.4) is 0 Å². The van der Waals surface area contributed by atoms with Gasteiger partial charge in [-0.05, 0) is 17.5 Å². The van der Waals surface area contributed by atoms with Crippen LogP contribution >= 0.6 is 0 Å². The lowest BCUT2D eigenvalue weighted by molar-refractivity contribution is -0.129. The molecule has 1 saturated heterocycles. The van der Waals surface area contributed by atoms with E-state index in [0.717, 1.165) is 31.6 Å². The van der Waals surface area contributed by atoms with Crippen LogP contribution in [-0.4, -0.2) is 29.9 Å². The zero-order valence-electron chi connectivity index (χ0n) is 10.9. The third kappa shape index (κ3) is 2.89. The van der Waals surface area contributed by atoms with Crippen molar-refractivity contribution < 1.29 is 4.79 Å². The monoisotopic (exact) mass is 247 g/mol. The van der Waals surface area contributed by atoms with Gasteiger partial charge in [-0.3, -0.25) is 9.69 Å². The fourth-order valence-corrected chi connectivity index (χ4v) is 2.48. The van der Waals surface area contributed by atoms with Crippen LogP contribution < -0.4 is 11.1 Å². The first kappa shape index (κ1) is 13.1. The predicted octanol–water partition coefficient (Wildman–Crippen LogP) is 0.856. The maximum Gasteiger partial charge on any atom is 0.237 e. The molecule has 0 spiro atoms. The summed E-state index contributed by atoms with van der Waals surface area (Å²) in [6, 6.07) is 8.28. The third-order valence-corrected chi connectivity index (χ3v) is 3.44. The van der Waals surface area contributed by atoms with Gasteiger partial charge in [-0.15, -0.1) is 0 Å². The molecule has 0 saturated carbocycles. The van der Waals surface area contributed by atoms with Crippen molar-refractivity contribution in [1.82, 2.24) is 10.2 Å². The second-order valence-electron chi connectivity index (χ2n) is 4.71. The van der Waals surface area contributed by atoms with Gasteiger partial charge in [0.25, 0.3) is 0 Å². The van der Waals surface area contributed by atoms with Gasteiger partial charge in [0.1, 0.15) is 0 Å². The Bertz CT molecular complexity index is 419. The maximum absolute atomic E-state index is 11.8. The van der Waals surface area contributed by atoms with Gasteiger partial charge >= 0.3 is 0 Å². The van der Waals surface area contributed by atoms with Gasteiger partial charge in [0.05, 0.1) is 6.04 Å². The average molecular weight is 247 g/mol. The fourth-order valence-electron chi connectivity index (χ4n) is 2.48.